The third kappa shape index (κ3) is 2.78. The highest BCUT2D eigenvalue weighted by molar-refractivity contribution is 5.22. The van der Waals surface area contributed by atoms with E-state index in [0.29, 0.717) is 0 Å². The average Bonchev–Trinajstić information content (AvgIpc) is 2.47. The number of aliphatic hydroxyl groups is 2. The molecule has 0 aliphatic heterocycles. The van der Waals surface area contributed by atoms with Gasteiger partial charge in [-0.15, -0.1) is 0 Å². The molecule has 94 valence electrons. The van der Waals surface area contributed by atoms with Gasteiger partial charge < -0.3 is 10.2 Å². The standard InChI is InChI=1S/C16H18O2/c1-12(15(17)13-8-4-2-5-9-13)16(18)14-10-6-3-7-11-14/h2-12,15-18H,1H3/t12?,15-,16?/m1/s1. The Balaban J connectivity index is 2.14. The Morgan fingerprint density at radius 1 is 0.667 bits per heavy atom. The molecule has 0 aromatic heterocycles. The molecule has 0 radical (unpaired) electrons. The maximum atomic E-state index is 10.3. The molecule has 0 heterocycles. The van der Waals surface area contributed by atoms with Crippen molar-refractivity contribution in [2.24, 2.45) is 5.92 Å². The monoisotopic (exact) mass is 242 g/mol. The molecule has 0 aliphatic carbocycles. The summed E-state index contributed by atoms with van der Waals surface area (Å²) in [4.78, 5) is 0. The molecule has 0 saturated heterocycles. The first-order chi connectivity index (χ1) is 8.70. The van der Waals surface area contributed by atoms with Gasteiger partial charge >= 0.3 is 0 Å². The minimum absolute atomic E-state index is 0.255. The van der Waals surface area contributed by atoms with Crippen molar-refractivity contribution in [3.8, 4) is 0 Å². The first kappa shape index (κ1) is 12.8. The average molecular weight is 242 g/mol. The van der Waals surface area contributed by atoms with Crippen molar-refractivity contribution in [1.29, 1.82) is 0 Å². The zero-order chi connectivity index (χ0) is 13.0. The normalized spacial score (nSPS) is 15.9. The Bertz CT molecular complexity index is 421. The van der Waals surface area contributed by atoms with Crippen molar-refractivity contribution < 1.29 is 10.2 Å². The van der Waals surface area contributed by atoms with Gasteiger partial charge in [0, 0.05) is 5.92 Å². The summed E-state index contributed by atoms with van der Waals surface area (Å²) in [6.07, 6.45) is -1.33. The second kappa shape index (κ2) is 5.80. The van der Waals surface area contributed by atoms with Gasteiger partial charge in [-0.2, -0.15) is 0 Å². The Hall–Kier alpha value is -1.64. The molecule has 3 atom stereocenters. The smallest absolute Gasteiger partial charge is 0.0843 e. The lowest BCUT2D eigenvalue weighted by molar-refractivity contribution is 0.0199. The van der Waals surface area contributed by atoms with E-state index >= 15 is 0 Å². The molecule has 0 bridgehead atoms. The topological polar surface area (TPSA) is 40.5 Å². The summed E-state index contributed by atoms with van der Waals surface area (Å²) in [5.74, 6) is -0.255. The maximum absolute atomic E-state index is 10.3. The van der Waals surface area contributed by atoms with Gasteiger partial charge in [-0.05, 0) is 11.1 Å². The van der Waals surface area contributed by atoms with Crippen LogP contribution in [0.4, 0.5) is 0 Å². The molecule has 2 rings (SSSR count). The number of hydrogen-bond acceptors (Lipinski definition) is 2. The number of benzene rings is 2. The molecule has 0 aliphatic rings. The Morgan fingerprint density at radius 2 is 1.00 bits per heavy atom. The van der Waals surface area contributed by atoms with E-state index in [0.717, 1.165) is 11.1 Å². The van der Waals surface area contributed by atoms with E-state index in [1.165, 1.54) is 0 Å². The molecular formula is C16H18O2. The van der Waals surface area contributed by atoms with Crippen molar-refractivity contribution in [2.75, 3.05) is 0 Å². The molecule has 18 heavy (non-hydrogen) atoms. The van der Waals surface area contributed by atoms with Crippen LogP contribution in [0.2, 0.25) is 0 Å². The van der Waals surface area contributed by atoms with Crippen LogP contribution in [-0.2, 0) is 0 Å². The quantitative estimate of drug-likeness (QED) is 0.865. The summed E-state index contributed by atoms with van der Waals surface area (Å²) in [5.41, 5.74) is 1.67. The van der Waals surface area contributed by atoms with Crippen molar-refractivity contribution in [2.45, 2.75) is 19.1 Å². The Morgan fingerprint density at radius 3 is 1.33 bits per heavy atom. The Kier molecular flexibility index (Phi) is 4.13. The molecule has 2 N–H and O–H groups in total. The molecule has 0 fully saturated rings. The van der Waals surface area contributed by atoms with Crippen molar-refractivity contribution in [3.63, 3.8) is 0 Å². The maximum Gasteiger partial charge on any atom is 0.0843 e. The third-order valence-electron chi connectivity index (χ3n) is 3.28. The van der Waals surface area contributed by atoms with Crippen LogP contribution in [0.3, 0.4) is 0 Å². The predicted octanol–water partition coefficient (Wildman–Crippen LogP) is 3.09. The van der Waals surface area contributed by atoms with Crippen LogP contribution in [0, 0.1) is 5.92 Å². The van der Waals surface area contributed by atoms with Gasteiger partial charge in [0.15, 0.2) is 0 Å². The fraction of sp³-hybridized carbons (Fsp3) is 0.250. The minimum Gasteiger partial charge on any atom is -0.388 e. The third-order valence-corrected chi connectivity index (χ3v) is 3.28. The van der Waals surface area contributed by atoms with Crippen LogP contribution in [-0.4, -0.2) is 10.2 Å². The van der Waals surface area contributed by atoms with E-state index < -0.39 is 12.2 Å². The fourth-order valence-corrected chi connectivity index (χ4v) is 2.08. The van der Waals surface area contributed by atoms with E-state index in [9.17, 15) is 10.2 Å². The highest BCUT2D eigenvalue weighted by Crippen LogP contribution is 2.32. The molecular weight excluding hydrogens is 224 g/mol. The molecule has 2 unspecified atom stereocenters. The van der Waals surface area contributed by atoms with Crippen LogP contribution < -0.4 is 0 Å². The van der Waals surface area contributed by atoms with E-state index in [1.807, 2.05) is 67.6 Å². The van der Waals surface area contributed by atoms with Gasteiger partial charge in [-0.3, -0.25) is 0 Å². The highest BCUT2D eigenvalue weighted by Gasteiger charge is 2.24. The zero-order valence-electron chi connectivity index (χ0n) is 10.4. The van der Waals surface area contributed by atoms with Gasteiger partial charge in [-0.1, -0.05) is 67.6 Å². The predicted molar refractivity (Wildman–Crippen MR) is 72.0 cm³/mol. The number of rotatable bonds is 4. The molecule has 0 amide bonds. The lowest BCUT2D eigenvalue weighted by atomic mass is 9.89. The summed E-state index contributed by atoms with van der Waals surface area (Å²) in [6, 6.07) is 18.9. The van der Waals surface area contributed by atoms with Gasteiger partial charge in [0.1, 0.15) is 0 Å². The van der Waals surface area contributed by atoms with Crippen LogP contribution >= 0.6 is 0 Å². The second-order valence-corrected chi connectivity index (χ2v) is 4.57. The lowest BCUT2D eigenvalue weighted by Crippen LogP contribution is -2.17. The van der Waals surface area contributed by atoms with Gasteiger partial charge in [0.25, 0.3) is 0 Å². The van der Waals surface area contributed by atoms with Crippen molar-refractivity contribution >= 4 is 0 Å². The molecule has 0 spiro atoms. The fourth-order valence-electron chi connectivity index (χ4n) is 2.08. The second-order valence-electron chi connectivity index (χ2n) is 4.57. The van der Waals surface area contributed by atoms with Crippen LogP contribution in [0.15, 0.2) is 60.7 Å². The molecule has 0 saturated carbocycles. The van der Waals surface area contributed by atoms with Crippen LogP contribution in [0.5, 0.6) is 0 Å². The first-order valence-corrected chi connectivity index (χ1v) is 6.16. The summed E-state index contributed by atoms with van der Waals surface area (Å²) in [5, 5.41) is 20.5. The van der Waals surface area contributed by atoms with Gasteiger partial charge in [0.05, 0.1) is 12.2 Å². The van der Waals surface area contributed by atoms with Gasteiger partial charge in [-0.25, -0.2) is 0 Å². The van der Waals surface area contributed by atoms with E-state index in [2.05, 4.69) is 0 Å². The zero-order valence-corrected chi connectivity index (χ0v) is 10.4. The summed E-state index contributed by atoms with van der Waals surface area (Å²) < 4.78 is 0. The van der Waals surface area contributed by atoms with E-state index in [-0.39, 0.29) is 5.92 Å². The van der Waals surface area contributed by atoms with E-state index in [1.54, 1.807) is 0 Å². The lowest BCUT2D eigenvalue weighted by Gasteiger charge is -2.24. The number of hydrogen-bond donors (Lipinski definition) is 2. The SMILES string of the molecule is CC(C(O)c1ccccc1)[C@@H](O)c1ccccc1. The van der Waals surface area contributed by atoms with Crippen molar-refractivity contribution in [1.82, 2.24) is 0 Å². The summed E-state index contributed by atoms with van der Waals surface area (Å²) in [6.45, 7) is 1.86. The minimum atomic E-state index is -0.665. The van der Waals surface area contributed by atoms with E-state index in [4.69, 9.17) is 0 Å². The van der Waals surface area contributed by atoms with Gasteiger partial charge in [0.2, 0.25) is 0 Å². The molecule has 2 heteroatoms. The highest BCUT2D eigenvalue weighted by atomic mass is 16.3. The summed E-state index contributed by atoms with van der Waals surface area (Å²) in [7, 11) is 0. The Labute approximate surface area is 108 Å². The molecule has 2 aromatic carbocycles. The van der Waals surface area contributed by atoms with Crippen LogP contribution in [0.25, 0.3) is 0 Å². The summed E-state index contributed by atoms with van der Waals surface area (Å²) >= 11 is 0. The molecule has 2 aromatic rings. The van der Waals surface area contributed by atoms with Crippen LogP contribution in [0.1, 0.15) is 30.3 Å². The first-order valence-electron chi connectivity index (χ1n) is 6.16. The van der Waals surface area contributed by atoms with Crippen molar-refractivity contribution in [3.05, 3.63) is 71.8 Å². The largest absolute Gasteiger partial charge is 0.388 e. The molecule has 2 nitrogen and oxygen atoms in total. The number of aliphatic hydroxyl groups excluding tert-OH is 2.